The van der Waals surface area contributed by atoms with Crippen LogP contribution >= 0.6 is 11.3 Å². The molecular formula is C20H18N2O2S2. The van der Waals surface area contributed by atoms with E-state index in [0.717, 1.165) is 21.7 Å². The predicted molar refractivity (Wildman–Crippen MR) is 105 cm³/mol. The van der Waals surface area contributed by atoms with E-state index in [2.05, 4.69) is 5.10 Å². The summed E-state index contributed by atoms with van der Waals surface area (Å²) in [6.45, 7) is 1.94. The Morgan fingerprint density at radius 1 is 1.00 bits per heavy atom. The molecule has 26 heavy (non-hydrogen) atoms. The van der Waals surface area contributed by atoms with Gasteiger partial charge in [0.1, 0.15) is 0 Å². The number of thiophene rings is 1. The van der Waals surface area contributed by atoms with E-state index in [1.54, 1.807) is 23.5 Å². The summed E-state index contributed by atoms with van der Waals surface area (Å²) >= 11 is 1.58. The van der Waals surface area contributed by atoms with Crippen LogP contribution in [-0.4, -0.2) is 18.5 Å². The number of benzene rings is 2. The largest absolute Gasteiger partial charge is 0.279 e. The van der Waals surface area contributed by atoms with Crippen LogP contribution in [0.15, 0.2) is 82.1 Å². The minimum atomic E-state index is -3.73. The molecule has 0 saturated heterocycles. The van der Waals surface area contributed by atoms with E-state index in [-0.39, 0.29) is 10.9 Å². The standard InChI is InChI=1S/C20H18N2O2S2/c1-15-9-11-17(12-10-15)26(23,24)22-19(16-6-3-2-4-7-16)14-18(21-22)20-8-5-13-25-20/h2-13,19H,14H2,1H3. The van der Waals surface area contributed by atoms with Gasteiger partial charge in [0.2, 0.25) is 0 Å². The Morgan fingerprint density at radius 3 is 2.38 bits per heavy atom. The molecule has 3 aromatic rings. The lowest BCUT2D eigenvalue weighted by atomic mass is 10.0. The molecule has 6 heteroatoms. The Hall–Kier alpha value is -2.44. The maximum Gasteiger partial charge on any atom is 0.279 e. The number of sulfonamides is 1. The van der Waals surface area contributed by atoms with Crippen LogP contribution in [0.4, 0.5) is 0 Å². The molecule has 4 nitrogen and oxygen atoms in total. The Balaban J connectivity index is 1.79. The van der Waals surface area contributed by atoms with E-state index in [0.29, 0.717) is 6.42 Å². The average molecular weight is 383 g/mol. The van der Waals surface area contributed by atoms with Gasteiger partial charge in [0.15, 0.2) is 0 Å². The van der Waals surface area contributed by atoms with Crippen molar-refractivity contribution in [3.63, 3.8) is 0 Å². The first-order valence-electron chi connectivity index (χ1n) is 8.33. The van der Waals surface area contributed by atoms with Crippen molar-refractivity contribution in [3.05, 3.63) is 88.1 Å². The molecule has 0 aliphatic carbocycles. The smallest absolute Gasteiger partial charge is 0.200 e. The lowest BCUT2D eigenvalue weighted by Crippen LogP contribution is -2.27. The van der Waals surface area contributed by atoms with Gasteiger partial charge in [0.25, 0.3) is 10.0 Å². The Labute approximate surface area is 157 Å². The summed E-state index contributed by atoms with van der Waals surface area (Å²) in [6.07, 6.45) is 0.565. The van der Waals surface area contributed by atoms with E-state index in [9.17, 15) is 8.42 Å². The minimum Gasteiger partial charge on any atom is -0.200 e. The van der Waals surface area contributed by atoms with Gasteiger partial charge in [0, 0.05) is 6.42 Å². The number of hydrogen-bond acceptors (Lipinski definition) is 4. The first kappa shape index (κ1) is 17.0. The van der Waals surface area contributed by atoms with Crippen LogP contribution in [0.25, 0.3) is 0 Å². The summed E-state index contributed by atoms with van der Waals surface area (Å²) in [7, 11) is -3.73. The van der Waals surface area contributed by atoms with Crippen molar-refractivity contribution in [1.29, 1.82) is 0 Å². The quantitative estimate of drug-likeness (QED) is 0.662. The second-order valence-corrected chi connectivity index (χ2v) is 8.99. The van der Waals surface area contributed by atoms with Crippen molar-refractivity contribution < 1.29 is 8.42 Å². The maximum atomic E-state index is 13.3. The first-order chi connectivity index (χ1) is 12.6. The Bertz CT molecular complexity index is 1030. The summed E-state index contributed by atoms with van der Waals surface area (Å²) in [5.41, 5.74) is 2.77. The molecule has 132 valence electrons. The van der Waals surface area contributed by atoms with Crippen molar-refractivity contribution in [2.45, 2.75) is 24.3 Å². The molecule has 1 atom stereocenters. The van der Waals surface area contributed by atoms with Crippen molar-refractivity contribution in [2.24, 2.45) is 5.10 Å². The van der Waals surface area contributed by atoms with Crippen LogP contribution in [0, 0.1) is 6.92 Å². The SMILES string of the molecule is Cc1ccc(S(=O)(=O)N2N=C(c3cccs3)CC2c2ccccc2)cc1. The normalized spacial score (nSPS) is 17.3. The molecule has 1 aliphatic heterocycles. The van der Waals surface area contributed by atoms with Gasteiger partial charge in [-0.2, -0.15) is 17.9 Å². The first-order valence-corrected chi connectivity index (χ1v) is 10.6. The third-order valence-electron chi connectivity index (χ3n) is 4.43. The third-order valence-corrected chi connectivity index (χ3v) is 7.04. The fourth-order valence-electron chi connectivity index (χ4n) is 3.04. The van der Waals surface area contributed by atoms with Gasteiger partial charge in [-0.05, 0) is 36.1 Å². The molecule has 1 aromatic heterocycles. The number of hydrogen-bond donors (Lipinski definition) is 0. The molecule has 0 amide bonds. The van der Waals surface area contributed by atoms with E-state index in [1.807, 2.05) is 66.9 Å². The van der Waals surface area contributed by atoms with Crippen molar-refractivity contribution in [3.8, 4) is 0 Å². The van der Waals surface area contributed by atoms with Crippen LogP contribution in [0.1, 0.15) is 28.5 Å². The number of rotatable bonds is 4. The molecule has 2 heterocycles. The fraction of sp³-hybridized carbons (Fsp3) is 0.150. The summed E-state index contributed by atoms with van der Waals surface area (Å²) < 4.78 is 27.8. The van der Waals surface area contributed by atoms with Gasteiger partial charge in [-0.1, -0.05) is 54.1 Å². The molecule has 4 rings (SSSR count). The van der Waals surface area contributed by atoms with E-state index < -0.39 is 10.0 Å². The molecule has 0 fully saturated rings. The summed E-state index contributed by atoms with van der Waals surface area (Å²) in [6, 6.07) is 20.2. The molecule has 2 aromatic carbocycles. The zero-order valence-electron chi connectivity index (χ0n) is 14.2. The third kappa shape index (κ3) is 3.06. The Morgan fingerprint density at radius 2 is 1.73 bits per heavy atom. The van der Waals surface area contributed by atoms with Crippen molar-refractivity contribution in [2.75, 3.05) is 0 Å². The highest BCUT2D eigenvalue weighted by Gasteiger charge is 2.37. The topological polar surface area (TPSA) is 49.7 Å². The van der Waals surface area contributed by atoms with Gasteiger partial charge in [-0.15, -0.1) is 11.3 Å². The second kappa shape index (κ2) is 6.70. The highest BCUT2D eigenvalue weighted by atomic mass is 32.2. The molecule has 1 unspecified atom stereocenters. The summed E-state index contributed by atoms with van der Waals surface area (Å²) in [5, 5.41) is 6.51. The van der Waals surface area contributed by atoms with Crippen LogP contribution in [0.3, 0.4) is 0 Å². The van der Waals surface area contributed by atoms with E-state index in [4.69, 9.17) is 0 Å². The zero-order valence-corrected chi connectivity index (χ0v) is 15.9. The van der Waals surface area contributed by atoms with Crippen LogP contribution in [-0.2, 0) is 10.0 Å². The zero-order chi connectivity index (χ0) is 18.1. The van der Waals surface area contributed by atoms with Crippen LogP contribution in [0.2, 0.25) is 0 Å². The van der Waals surface area contributed by atoms with E-state index >= 15 is 0 Å². The lowest BCUT2D eigenvalue weighted by molar-refractivity contribution is 0.371. The highest BCUT2D eigenvalue weighted by Crippen LogP contribution is 2.37. The number of hydrazone groups is 1. The lowest BCUT2D eigenvalue weighted by Gasteiger charge is -2.23. The number of nitrogens with zero attached hydrogens (tertiary/aromatic N) is 2. The second-order valence-electron chi connectivity index (χ2n) is 6.25. The molecule has 0 N–H and O–H groups in total. The average Bonchev–Trinajstić information content (AvgIpc) is 3.33. The van der Waals surface area contributed by atoms with Crippen LogP contribution < -0.4 is 0 Å². The summed E-state index contributed by atoms with van der Waals surface area (Å²) in [4.78, 5) is 1.27. The van der Waals surface area contributed by atoms with Crippen molar-refractivity contribution in [1.82, 2.24) is 4.41 Å². The molecular weight excluding hydrogens is 364 g/mol. The van der Waals surface area contributed by atoms with Gasteiger partial charge >= 0.3 is 0 Å². The van der Waals surface area contributed by atoms with Crippen molar-refractivity contribution >= 4 is 27.1 Å². The molecule has 1 aliphatic rings. The highest BCUT2D eigenvalue weighted by molar-refractivity contribution is 7.89. The van der Waals surface area contributed by atoms with E-state index in [1.165, 1.54) is 4.41 Å². The minimum absolute atomic E-state index is 0.264. The predicted octanol–water partition coefficient (Wildman–Crippen LogP) is 4.60. The fourth-order valence-corrected chi connectivity index (χ4v) is 5.20. The van der Waals surface area contributed by atoms with Gasteiger partial charge < -0.3 is 0 Å². The molecule has 0 saturated carbocycles. The maximum absolute atomic E-state index is 13.3. The monoisotopic (exact) mass is 382 g/mol. The van der Waals surface area contributed by atoms with Gasteiger partial charge in [-0.3, -0.25) is 0 Å². The van der Waals surface area contributed by atoms with Crippen LogP contribution in [0.5, 0.6) is 0 Å². The van der Waals surface area contributed by atoms with Gasteiger partial charge in [-0.25, -0.2) is 0 Å². The number of aryl methyl sites for hydroxylation is 1. The summed E-state index contributed by atoms with van der Waals surface area (Å²) in [5.74, 6) is 0. The molecule has 0 radical (unpaired) electrons. The molecule has 0 bridgehead atoms. The Kier molecular flexibility index (Phi) is 4.38. The van der Waals surface area contributed by atoms with Gasteiger partial charge in [0.05, 0.1) is 21.5 Å². The molecule has 0 spiro atoms.